The van der Waals surface area contributed by atoms with Crippen molar-refractivity contribution >= 4 is 23.2 Å². The quantitative estimate of drug-likeness (QED) is 0.850. The molecule has 0 atom stereocenters. The molecular weight excluding hydrogens is 230 g/mol. The molecule has 1 fully saturated rings. The van der Waals surface area contributed by atoms with Crippen molar-refractivity contribution in [1.82, 2.24) is 0 Å². The fourth-order valence-corrected chi connectivity index (χ4v) is 1.61. The fourth-order valence-electron chi connectivity index (χ4n) is 1.61. The van der Waals surface area contributed by atoms with Gasteiger partial charge in [0.15, 0.2) is 0 Å². The molecule has 0 unspecified atom stereocenters. The first-order valence-corrected chi connectivity index (χ1v) is 5.66. The SMILES string of the molecule is CC(=O)Nc1ccc(NC(=O)C2(C#N)CC2)cc1. The normalized spacial score (nSPS) is 15.3. The average molecular weight is 243 g/mol. The Labute approximate surface area is 105 Å². The summed E-state index contributed by atoms with van der Waals surface area (Å²) in [5, 5.41) is 14.2. The van der Waals surface area contributed by atoms with E-state index < -0.39 is 5.41 Å². The minimum absolute atomic E-state index is 0.145. The summed E-state index contributed by atoms with van der Waals surface area (Å²) in [6.07, 6.45) is 1.25. The highest BCUT2D eigenvalue weighted by molar-refractivity contribution is 5.99. The third kappa shape index (κ3) is 2.48. The number of carbonyl (C=O) groups is 2. The maximum atomic E-state index is 11.8. The van der Waals surface area contributed by atoms with Crippen LogP contribution in [0.1, 0.15) is 19.8 Å². The van der Waals surface area contributed by atoms with Gasteiger partial charge >= 0.3 is 0 Å². The molecule has 5 heteroatoms. The fraction of sp³-hybridized carbons (Fsp3) is 0.308. The molecule has 1 saturated carbocycles. The Morgan fingerprint density at radius 1 is 1.17 bits per heavy atom. The lowest BCUT2D eigenvalue weighted by Gasteiger charge is -2.09. The number of hydrogen-bond acceptors (Lipinski definition) is 3. The van der Waals surface area contributed by atoms with Crippen LogP contribution in [-0.2, 0) is 9.59 Å². The van der Waals surface area contributed by atoms with Crippen LogP contribution < -0.4 is 10.6 Å². The van der Waals surface area contributed by atoms with Gasteiger partial charge in [-0.1, -0.05) is 0 Å². The molecule has 2 rings (SSSR count). The van der Waals surface area contributed by atoms with E-state index in [-0.39, 0.29) is 11.8 Å². The lowest BCUT2D eigenvalue weighted by Crippen LogP contribution is -2.22. The number of hydrogen-bond donors (Lipinski definition) is 2. The molecule has 2 N–H and O–H groups in total. The molecule has 1 aliphatic rings. The number of rotatable bonds is 3. The van der Waals surface area contributed by atoms with Gasteiger partial charge in [-0.3, -0.25) is 9.59 Å². The van der Waals surface area contributed by atoms with Crippen molar-refractivity contribution in [3.05, 3.63) is 24.3 Å². The molecule has 0 radical (unpaired) electrons. The lowest BCUT2D eigenvalue weighted by atomic mass is 10.1. The van der Waals surface area contributed by atoms with Gasteiger partial charge in [0.25, 0.3) is 0 Å². The molecule has 1 aromatic rings. The molecule has 5 nitrogen and oxygen atoms in total. The van der Waals surface area contributed by atoms with Crippen LogP contribution in [0, 0.1) is 16.7 Å². The summed E-state index contributed by atoms with van der Waals surface area (Å²) >= 11 is 0. The summed E-state index contributed by atoms with van der Waals surface area (Å²) in [7, 11) is 0. The first-order valence-electron chi connectivity index (χ1n) is 5.66. The number of nitrogens with zero attached hydrogens (tertiary/aromatic N) is 1. The number of amides is 2. The molecular formula is C13H13N3O2. The minimum atomic E-state index is -0.823. The first kappa shape index (κ1) is 12.1. The van der Waals surface area contributed by atoms with Gasteiger partial charge in [-0.25, -0.2) is 0 Å². The third-order valence-corrected chi connectivity index (χ3v) is 2.86. The second-order valence-electron chi connectivity index (χ2n) is 4.41. The van der Waals surface area contributed by atoms with Gasteiger partial charge in [-0.15, -0.1) is 0 Å². The van der Waals surface area contributed by atoms with Gasteiger partial charge in [-0.05, 0) is 37.1 Å². The van der Waals surface area contributed by atoms with Crippen molar-refractivity contribution in [3.8, 4) is 6.07 Å². The van der Waals surface area contributed by atoms with Crippen LogP contribution in [0.3, 0.4) is 0 Å². The van der Waals surface area contributed by atoms with E-state index in [2.05, 4.69) is 10.6 Å². The van der Waals surface area contributed by atoms with Crippen molar-refractivity contribution in [2.75, 3.05) is 10.6 Å². The summed E-state index contributed by atoms with van der Waals surface area (Å²) in [4.78, 5) is 22.6. The van der Waals surface area contributed by atoms with E-state index in [4.69, 9.17) is 5.26 Å². The van der Waals surface area contributed by atoms with Crippen LogP contribution in [0.5, 0.6) is 0 Å². The Hall–Kier alpha value is -2.35. The minimum Gasteiger partial charge on any atom is -0.326 e. The molecule has 0 aliphatic heterocycles. The number of nitriles is 1. The molecule has 0 aromatic heterocycles. The Morgan fingerprint density at radius 3 is 2.06 bits per heavy atom. The zero-order valence-corrected chi connectivity index (χ0v) is 9.99. The summed E-state index contributed by atoms with van der Waals surface area (Å²) in [6, 6.07) is 8.82. The van der Waals surface area contributed by atoms with Crippen molar-refractivity contribution in [2.45, 2.75) is 19.8 Å². The monoisotopic (exact) mass is 243 g/mol. The van der Waals surface area contributed by atoms with Gasteiger partial charge in [0.05, 0.1) is 6.07 Å². The first-order chi connectivity index (χ1) is 8.55. The van der Waals surface area contributed by atoms with Gasteiger partial charge in [0, 0.05) is 18.3 Å². The molecule has 0 saturated heterocycles. The standard InChI is InChI=1S/C13H13N3O2/c1-9(17)15-10-2-4-11(5-3-10)16-12(18)13(8-14)6-7-13/h2-5H,6-7H2,1H3,(H,15,17)(H,16,18). The van der Waals surface area contributed by atoms with Crippen molar-refractivity contribution in [1.29, 1.82) is 5.26 Å². The molecule has 0 spiro atoms. The molecule has 1 aromatic carbocycles. The van der Waals surface area contributed by atoms with E-state index in [0.717, 1.165) is 0 Å². The second-order valence-corrected chi connectivity index (χ2v) is 4.41. The van der Waals surface area contributed by atoms with Crippen LogP contribution in [0.25, 0.3) is 0 Å². The number of carbonyl (C=O) groups excluding carboxylic acids is 2. The zero-order valence-electron chi connectivity index (χ0n) is 9.99. The lowest BCUT2D eigenvalue weighted by molar-refractivity contribution is -0.119. The zero-order chi connectivity index (χ0) is 13.2. The maximum Gasteiger partial charge on any atom is 0.244 e. The highest BCUT2D eigenvalue weighted by Crippen LogP contribution is 2.45. The predicted molar refractivity (Wildman–Crippen MR) is 66.7 cm³/mol. The molecule has 0 bridgehead atoms. The van der Waals surface area contributed by atoms with Crippen molar-refractivity contribution in [3.63, 3.8) is 0 Å². The predicted octanol–water partition coefficient (Wildman–Crippen LogP) is 1.89. The van der Waals surface area contributed by atoms with Crippen LogP contribution in [0.15, 0.2) is 24.3 Å². The largest absolute Gasteiger partial charge is 0.326 e. The molecule has 92 valence electrons. The number of anilines is 2. The number of benzene rings is 1. The second kappa shape index (κ2) is 4.49. The molecule has 2 amide bonds. The Morgan fingerprint density at radius 2 is 1.67 bits per heavy atom. The number of nitrogens with one attached hydrogen (secondary N) is 2. The summed E-state index contributed by atoms with van der Waals surface area (Å²) < 4.78 is 0. The van der Waals surface area contributed by atoms with E-state index in [0.29, 0.717) is 24.2 Å². The molecule has 0 heterocycles. The van der Waals surface area contributed by atoms with E-state index in [1.807, 2.05) is 6.07 Å². The smallest absolute Gasteiger partial charge is 0.244 e. The topological polar surface area (TPSA) is 82.0 Å². The van der Waals surface area contributed by atoms with Gasteiger partial charge in [0.2, 0.25) is 11.8 Å². The van der Waals surface area contributed by atoms with Crippen molar-refractivity contribution in [2.24, 2.45) is 5.41 Å². The Bertz CT molecular complexity index is 524. The van der Waals surface area contributed by atoms with E-state index in [1.165, 1.54) is 6.92 Å². The van der Waals surface area contributed by atoms with Gasteiger partial charge in [0.1, 0.15) is 5.41 Å². The van der Waals surface area contributed by atoms with Crippen molar-refractivity contribution < 1.29 is 9.59 Å². The van der Waals surface area contributed by atoms with Crippen LogP contribution in [0.4, 0.5) is 11.4 Å². The highest BCUT2D eigenvalue weighted by Gasteiger charge is 2.50. The van der Waals surface area contributed by atoms with E-state index >= 15 is 0 Å². The molecule has 18 heavy (non-hydrogen) atoms. The highest BCUT2D eigenvalue weighted by atomic mass is 16.2. The summed E-state index contributed by atoms with van der Waals surface area (Å²) in [5.74, 6) is -0.398. The van der Waals surface area contributed by atoms with Gasteiger partial charge in [-0.2, -0.15) is 5.26 Å². The molecule has 1 aliphatic carbocycles. The summed E-state index contributed by atoms with van der Waals surface area (Å²) in [6.45, 7) is 1.43. The van der Waals surface area contributed by atoms with E-state index in [9.17, 15) is 9.59 Å². The van der Waals surface area contributed by atoms with Gasteiger partial charge < -0.3 is 10.6 Å². The average Bonchev–Trinajstić information content (AvgIpc) is 3.12. The van der Waals surface area contributed by atoms with E-state index in [1.54, 1.807) is 24.3 Å². The maximum absolute atomic E-state index is 11.8. The Kier molecular flexibility index (Phi) is 3.02. The van der Waals surface area contributed by atoms with Crippen LogP contribution >= 0.6 is 0 Å². The summed E-state index contributed by atoms with van der Waals surface area (Å²) in [5.41, 5.74) is 0.466. The Balaban J connectivity index is 2.01. The van der Waals surface area contributed by atoms with Crippen LogP contribution in [0.2, 0.25) is 0 Å². The third-order valence-electron chi connectivity index (χ3n) is 2.86. The van der Waals surface area contributed by atoms with Crippen LogP contribution in [-0.4, -0.2) is 11.8 Å².